The predicted molar refractivity (Wildman–Crippen MR) is 53.8 cm³/mol. The van der Waals surface area contributed by atoms with E-state index in [-0.39, 0.29) is 11.9 Å². The Bertz CT molecular complexity index is 252. The van der Waals surface area contributed by atoms with Gasteiger partial charge in [0.1, 0.15) is 0 Å². The Balaban J connectivity index is 2.18. The van der Waals surface area contributed by atoms with E-state index in [0.29, 0.717) is 6.61 Å². The SMILES string of the molecule is CC(C)C(=O)OCCc1cccs1. The fourth-order valence-electron chi connectivity index (χ4n) is 0.874. The highest BCUT2D eigenvalue weighted by atomic mass is 32.1. The van der Waals surface area contributed by atoms with Crippen LogP contribution in [0.1, 0.15) is 18.7 Å². The van der Waals surface area contributed by atoms with E-state index >= 15 is 0 Å². The summed E-state index contributed by atoms with van der Waals surface area (Å²) in [4.78, 5) is 12.3. The molecule has 0 spiro atoms. The quantitative estimate of drug-likeness (QED) is 0.695. The third-order valence-corrected chi connectivity index (χ3v) is 2.58. The zero-order chi connectivity index (χ0) is 9.68. The van der Waals surface area contributed by atoms with Crippen molar-refractivity contribution in [3.05, 3.63) is 22.4 Å². The monoisotopic (exact) mass is 198 g/mol. The maximum Gasteiger partial charge on any atom is 0.308 e. The minimum atomic E-state index is -0.114. The predicted octanol–water partition coefficient (Wildman–Crippen LogP) is 2.49. The van der Waals surface area contributed by atoms with Crippen LogP contribution in [0.2, 0.25) is 0 Å². The minimum absolute atomic E-state index is 0.0247. The summed E-state index contributed by atoms with van der Waals surface area (Å²) in [6, 6.07) is 4.05. The van der Waals surface area contributed by atoms with E-state index < -0.39 is 0 Å². The highest BCUT2D eigenvalue weighted by Gasteiger charge is 2.07. The molecule has 0 saturated carbocycles. The van der Waals surface area contributed by atoms with Crippen molar-refractivity contribution in [3.63, 3.8) is 0 Å². The molecule has 0 bridgehead atoms. The average molecular weight is 198 g/mol. The molecule has 0 aromatic carbocycles. The molecule has 0 unspecified atom stereocenters. The Morgan fingerprint density at radius 2 is 2.38 bits per heavy atom. The molecule has 0 saturated heterocycles. The van der Waals surface area contributed by atoms with Crippen LogP contribution in [-0.2, 0) is 16.0 Å². The summed E-state index contributed by atoms with van der Waals surface area (Å²) in [5.41, 5.74) is 0. The van der Waals surface area contributed by atoms with Gasteiger partial charge in [0.2, 0.25) is 0 Å². The van der Waals surface area contributed by atoms with Gasteiger partial charge in [0, 0.05) is 11.3 Å². The van der Waals surface area contributed by atoms with Gasteiger partial charge in [-0.25, -0.2) is 0 Å². The largest absolute Gasteiger partial charge is 0.465 e. The van der Waals surface area contributed by atoms with Crippen molar-refractivity contribution in [2.24, 2.45) is 5.92 Å². The highest BCUT2D eigenvalue weighted by Crippen LogP contribution is 2.09. The lowest BCUT2D eigenvalue weighted by atomic mass is 10.2. The van der Waals surface area contributed by atoms with Gasteiger partial charge >= 0.3 is 5.97 Å². The van der Waals surface area contributed by atoms with Crippen molar-refractivity contribution in [1.29, 1.82) is 0 Å². The molecule has 1 rings (SSSR count). The fraction of sp³-hybridized carbons (Fsp3) is 0.500. The van der Waals surface area contributed by atoms with Crippen LogP contribution < -0.4 is 0 Å². The maximum absolute atomic E-state index is 11.1. The molecule has 0 aliphatic carbocycles. The molecule has 1 aromatic rings. The lowest BCUT2D eigenvalue weighted by Gasteiger charge is -2.05. The molecule has 2 nitrogen and oxygen atoms in total. The highest BCUT2D eigenvalue weighted by molar-refractivity contribution is 7.09. The van der Waals surface area contributed by atoms with Crippen LogP contribution in [0.15, 0.2) is 17.5 Å². The van der Waals surface area contributed by atoms with Gasteiger partial charge < -0.3 is 4.74 Å². The number of hydrogen-bond acceptors (Lipinski definition) is 3. The standard InChI is InChI=1S/C10H14O2S/c1-8(2)10(11)12-6-5-9-4-3-7-13-9/h3-4,7-8H,5-6H2,1-2H3. The molecule has 13 heavy (non-hydrogen) atoms. The third kappa shape index (κ3) is 3.59. The van der Waals surface area contributed by atoms with Gasteiger partial charge in [0.15, 0.2) is 0 Å². The summed E-state index contributed by atoms with van der Waals surface area (Å²) in [7, 11) is 0. The van der Waals surface area contributed by atoms with E-state index in [4.69, 9.17) is 4.74 Å². The number of hydrogen-bond donors (Lipinski definition) is 0. The first-order valence-electron chi connectivity index (χ1n) is 4.39. The number of rotatable bonds is 4. The first-order valence-corrected chi connectivity index (χ1v) is 5.27. The molecule has 1 heterocycles. The molecule has 3 heteroatoms. The summed E-state index contributed by atoms with van der Waals surface area (Å²) in [5, 5.41) is 2.03. The van der Waals surface area contributed by atoms with E-state index in [1.54, 1.807) is 11.3 Å². The number of carbonyl (C=O) groups is 1. The number of thiophene rings is 1. The normalized spacial score (nSPS) is 10.4. The van der Waals surface area contributed by atoms with Crippen molar-refractivity contribution >= 4 is 17.3 Å². The van der Waals surface area contributed by atoms with Gasteiger partial charge in [-0.1, -0.05) is 19.9 Å². The molecule has 0 aliphatic heterocycles. The molecule has 0 aliphatic rings. The molecule has 0 atom stereocenters. The van der Waals surface area contributed by atoms with Gasteiger partial charge in [-0.2, -0.15) is 0 Å². The van der Waals surface area contributed by atoms with E-state index in [9.17, 15) is 4.79 Å². The second-order valence-corrected chi connectivity index (χ2v) is 4.18. The molecule has 72 valence electrons. The second-order valence-electron chi connectivity index (χ2n) is 3.15. The Kier molecular flexibility index (Phi) is 3.96. The molecule has 1 aromatic heterocycles. The van der Waals surface area contributed by atoms with Crippen LogP contribution in [-0.4, -0.2) is 12.6 Å². The second kappa shape index (κ2) is 5.02. The molecule has 0 amide bonds. The van der Waals surface area contributed by atoms with Gasteiger partial charge in [0.05, 0.1) is 12.5 Å². The van der Waals surface area contributed by atoms with Crippen molar-refractivity contribution in [3.8, 4) is 0 Å². The van der Waals surface area contributed by atoms with Crippen LogP contribution in [0.3, 0.4) is 0 Å². The zero-order valence-corrected chi connectivity index (χ0v) is 8.76. The summed E-state index contributed by atoms with van der Waals surface area (Å²) >= 11 is 1.69. The summed E-state index contributed by atoms with van der Waals surface area (Å²) in [5.74, 6) is -0.139. The number of esters is 1. The Labute approximate surface area is 82.5 Å². The van der Waals surface area contributed by atoms with Crippen molar-refractivity contribution in [2.45, 2.75) is 20.3 Å². The summed E-state index contributed by atoms with van der Waals surface area (Å²) in [6.45, 7) is 4.18. The Hall–Kier alpha value is -0.830. The van der Waals surface area contributed by atoms with Gasteiger partial charge in [-0.15, -0.1) is 11.3 Å². The summed E-state index contributed by atoms with van der Waals surface area (Å²) in [6.07, 6.45) is 0.829. The first kappa shape index (κ1) is 10.3. The smallest absolute Gasteiger partial charge is 0.308 e. The van der Waals surface area contributed by atoms with E-state index in [1.165, 1.54) is 4.88 Å². The fourth-order valence-corrected chi connectivity index (χ4v) is 1.56. The van der Waals surface area contributed by atoms with Gasteiger partial charge in [0.25, 0.3) is 0 Å². The van der Waals surface area contributed by atoms with E-state index in [1.807, 2.05) is 31.4 Å². The van der Waals surface area contributed by atoms with Gasteiger partial charge in [-0.05, 0) is 11.4 Å². The first-order chi connectivity index (χ1) is 6.20. The van der Waals surface area contributed by atoms with Crippen LogP contribution >= 0.6 is 11.3 Å². The van der Waals surface area contributed by atoms with Crippen molar-refractivity contribution in [1.82, 2.24) is 0 Å². The van der Waals surface area contributed by atoms with Crippen LogP contribution in [0.4, 0.5) is 0 Å². The third-order valence-electron chi connectivity index (χ3n) is 1.64. The number of ether oxygens (including phenoxy) is 1. The number of carbonyl (C=O) groups excluding carboxylic acids is 1. The van der Waals surface area contributed by atoms with Crippen LogP contribution in [0.25, 0.3) is 0 Å². The Morgan fingerprint density at radius 1 is 1.62 bits per heavy atom. The topological polar surface area (TPSA) is 26.3 Å². The van der Waals surface area contributed by atoms with E-state index in [0.717, 1.165) is 6.42 Å². The van der Waals surface area contributed by atoms with E-state index in [2.05, 4.69) is 0 Å². The van der Waals surface area contributed by atoms with Crippen molar-refractivity contribution < 1.29 is 9.53 Å². The van der Waals surface area contributed by atoms with Crippen LogP contribution in [0.5, 0.6) is 0 Å². The minimum Gasteiger partial charge on any atom is -0.465 e. The van der Waals surface area contributed by atoms with Gasteiger partial charge in [-0.3, -0.25) is 4.79 Å². The molecule has 0 N–H and O–H groups in total. The lowest BCUT2D eigenvalue weighted by Crippen LogP contribution is -2.13. The maximum atomic E-state index is 11.1. The zero-order valence-electron chi connectivity index (χ0n) is 7.95. The summed E-state index contributed by atoms with van der Waals surface area (Å²) < 4.78 is 5.04. The van der Waals surface area contributed by atoms with Crippen molar-refractivity contribution in [2.75, 3.05) is 6.61 Å². The molecular formula is C10H14O2S. The molecular weight excluding hydrogens is 184 g/mol. The average Bonchev–Trinajstić information content (AvgIpc) is 2.56. The Morgan fingerprint density at radius 3 is 2.92 bits per heavy atom. The lowest BCUT2D eigenvalue weighted by molar-refractivity contribution is -0.147. The molecule has 0 radical (unpaired) electrons. The molecule has 0 fully saturated rings. The van der Waals surface area contributed by atoms with Crippen LogP contribution in [0, 0.1) is 5.92 Å².